The van der Waals surface area contributed by atoms with Crippen LogP contribution in [0, 0.1) is 10.5 Å². The molecule has 0 amide bonds. The highest BCUT2D eigenvalue weighted by atomic mass is 127. The number of ether oxygens (including phenoxy) is 1. The minimum Gasteiger partial charge on any atom is -0.497 e. The average Bonchev–Trinajstić information content (AvgIpc) is 2.29. The van der Waals surface area contributed by atoms with Gasteiger partial charge in [-0.1, -0.05) is 29.8 Å². The fourth-order valence-electron chi connectivity index (χ4n) is 1.64. The van der Waals surface area contributed by atoms with Crippen LogP contribution in [0.25, 0.3) is 11.1 Å². The van der Waals surface area contributed by atoms with Gasteiger partial charge in [-0.2, -0.15) is 0 Å². The summed E-state index contributed by atoms with van der Waals surface area (Å²) in [4.78, 5) is 0. The summed E-state index contributed by atoms with van der Waals surface area (Å²) in [5, 5.41) is 0. The van der Waals surface area contributed by atoms with Crippen molar-refractivity contribution in [3.63, 3.8) is 0 Å². The summed E-state index contributed by atoms with van der Waals surface area (Å²) in [6.45, 7) is 2.11. The van der Waals surface area contributed by atoms with E-state index in [1.165, 1.54) is 20.3 Å². The van der Waals surface area contributed by atoms with Crippen molar-refractivity contribution >= 4 is 22.6 Å². The molecular formula is C14H13IO. The zero-order valence-electron chi connectivity index (χ0n) is 9.33. The molecule has 0 saturated carbocycles. The quantitative estimate of drug-likeness (QED) is 0.750. The Morgan fingerprint density at radius 2 is 1.88 bits per heavy atom. The average molecular weight is 324 g/mol. The van der Waals surface area contributed by atoms with Crippen LogP contribution < -0.4 is 4.74 Å². The second kappa shape index (κ2) is 4.87. The van der Waals surface area contributed by atoms with Gasteiger partial charge in [-0.05, 0) is 58.8 Å². The Balaban J connectivity index is 2.49. The molecule has 0 spiro atoms. The molecule has 0 unspecified atom stereocenters. The first kappa shape index (κ1) is 11.5. The Bertz CT molecular complexity index is 506. The lowest BCUT2D eigenvalue weighted by atomic mass is 10.0. The second-order valence-electron chi connectivity index (χ2n) is 3.72. The third-order valence-electron chi connectivity index (χ3n) is 2.51. The number of hydrogen-bond acceptors (Lipinski definition) is 1. The third-order valence-corrected chi connectivity index (χ3v) is 3.40. The highest BCUT2D eigenvalue weighted by Crippen LogP contribution is 2.28. The van der Waals surface area contributed by atoms with Crippen molar-refractivity contribution in [3.8, 4) is 16.9 Å². The van der Waals surface area contributed by atoms with Crippen molar-refractivity contribution in [1.82, 2.24) is 0 Å². The molecule has 0 bridgehead atoms. The fourth-order valence-corrected chi connectivity index (χ4v) is 2.63. The van der Waals surface area contributed by atoms with Gasteiger partial charge in [0.05, 0.1) is 7.11 Å². The fraction of sp³-hybridized carbons (Fsp3) is 0.143. The molecule has 1 nitrogen and oxygen atoms in total. The van der Waals surface area contributed by atoms with Gasteiger partial charge in [0.2, 0.25) is 0 Å². The minimum atomic E-state index is 0.897. The molecule has 0 saturated heterocycles. The zero-order chi connectivity index (χ0) is 11.5. The van der Waals surface area contributed by atoms with E-state index in [1.54, 1.807) is 7.11 Å². The van der Waals surface area contributed by atoms with Crippen molar-refractivity contribution in [2.45, 2.75) is 6.92 Å². The minimum absolute atomic E-state index is 0.897. The van der Waals surface area contributed by atoms with Gasteiger partial charge in [-0.25, -0.2) is 0 Å². The van der Waals surface area contributed by atoms with Crippen LogP contribution in [0.15, 0.2) is 42.5 Å². The van der Waals surface area contributed by atoms with Crippen LogP contribution in [0.2, 0.25) is 0 Å². The van der Waals surface area contributed by atoms with E-state index >= 15 is 0 Å². The first-order valence-corrected chi connectivity index (χ1v) is 6.19. The summed E-state index contributed by atoms with van der Waals surface area (Å²) in [7, 11) is 1.69. The standard InChI is InChI=1S/C14H13IO/c1-10-6-7-13(14(15)8-10)11-4-3-5-12(9-11)16-2/h3-9H,1-2H3. The maximum atomic E-state index is 5.24. The molecule has 0 fully saturated rings. The lowest BCUT2D eigenvalue weighted by Gasteiger charge is -2.07. The molecule has 16 heavy (non-hydrogen) atoms. The van der Waals surface area contributed by atoms with Crippen molar-refractivity contribution in [3.05, 3.63) is 51.6 Å². The van der Waals surface area contributed by atoms with E-state index in [0.29, 0.717) is 0 Å². The molecule has 0 aliphatic carbocycles. The van der Waals surface area contributed by atoms with E-state index in [4.69, 9.17) is 4.74 Å². The van der Waals surface area contributed by atoms with Crippen molar-refractivity contribution in [1.29, 1.82) is 0 Å². The van der Waals surface area contributed by atoms with Crippen LogP contribution in [0.1, 0.15) is 5.56 Å². The smallest absolute Gasteiger partial charge is 0.119 e. The zero-order valence-corrected chi connectivity index (χ0v) is 11.5. The predicted octanol–water partition coefficient (Wildman–Crippen LogP) is 4.28. The van der Waals surface area contributed by atoms with Crippen LogP contribution in [-0.4, -0.2) is 7.11 Å². The van der Waals surface area contributed by atoms with Crippen LogP contribution in [0.5, 0.6) is 5.75 Å². The Labute approximate surface area is 110 Å². The van der Waals surface area contributed by atoms with Gasteiger partial charge in [0.15, 0.2) is 0 Å². The molecule has 0 atom stereocenters. The van der Waals surface area contributed by atoms with Gasteiger partial charge >= 0.3 is 0 Å². The van der Waals surface area contributed by atoms with E-state index in [2.05, 4.69) is 59.8 Å². The van der Waals surface area contributed by atoms with Gasteiger partial charge in [0.25, 0.3) is 0 Å². The summed E-state index contributed by atoms with van der Waals surface area (Å²) >= 11 is 2.37. The number of benzene rings is 2. The number of methoxy groups -OCH3 is 1. The number of aryl methyl sites for hydroxylation is 1. The van der Waals surface area contributed by atoms with E-state index in [9.17, 15) is 0 Å². The summed E-state index contributed by atoms with van der Waals surface area (Å²) in [5.41, 5.74) is 3.74. The summed E-state index contributed by atoms with van der Waals surface area (Å²) < 4.78 is 6.51. The first-order chi connectivity index (χ1) is 7.70. The van der Waals surface area contributed by atoms with Gasteiger partial charge in [0, 0.05) is 3.57 Å². The first-order valence-electron chi connectivity index (χ1n) is 5.11. The van der Waals surface area contributed by atoms with E-state index in [1.807, 2.05) is 12.1 Å². The van der Waals surface area contributed by atoms with Crippen LogP contribution in [-0.2, 0) is 0 Å². The lowest BCUT2D eigenvalue weighted by Crippen LogP contribution is -1.86. The molecule has 0 N–H and O–H groups in total. The van der Waals surface area contributed by atoms with Gasteiger partial charge < -0.3 is 4.74 Å². The van der Waals surface area contributed by atoms with E-state index in [-0.39, 0.29) is 0 Å². The summed E-state index contributed by atoms with van der Waals surface area (Å²) in [6, 6.07) is 14.6. The molecule has 0 radical (unpaired) electrons. The molecule has 0 aliphatic rings. The van der Waals surface area contributed by atoms with Gasteiger partial charge in [-0.3, -0.25) is 0 Å². The third kappa shape index (κ3) is 2.38. The Kier molecular flexibility index (Phi) is 3.49. The molecule has 0 heterocycles. The van der Waals surface area contributed by atoms with Crippen LogP contribution >= 0.6 is 22.6 Å². The molecule has 2 aromatic rings. The normalized spacial score (nSPS) is 10.2. The highest BCUT2D eigenvalue weighted by molar-refractivity contribution is 14.1. The maximum Gasteiger partial charge on any atom is 0.119 e. The molecule has 2 heteroatoms. The number of hydrogen-bond donors (Lipinski definition) is 0. The van der Waals surface area contributed by atoms with Gasteiger partial charge in [-0.15, -0.1) is 0 Å². The SMILES string of the molecule is COc1cccc(-c2ccc(C)cc2I)c1. The largest absolute Gasteiger partial charge is 0.497 e. The Morgan fingerprint density at radius 1 is 1.06 bits per heavy atom. The Hall–Kier alpha value is -1.03. The monoisotopic (exact) mass is 324 g/mol. The van der Waals surface area contributed by atoms with E-state index < -0.39 is 0 Å². The highest BCUT2D eigenvalue weighted by Gasteiger charge is 2.03. The van der Waals surface area contributed by atoms with Crippen molar-refractivity contribution in [2.75, 3.05) is 7.11 Å². The second-order valence-corrected chi connectivity index (χ2v) is 4.88. The molecule has 0 aliphatic heterocycles. The number of rotatable bonds is 2. The molecule has 82 valence electrons. The van der Waals surface area contributed by atoms with Crippen LogP contribution in [0.3, 0.4) is 0 Å². The summed E-state index contributed by atoms with van der Waals surface area (Å²) in [5.74, 6) is 0.897. The maximum absolute atomic E-state index is 5.24. The number of halogens is 1. The summed E-state index contributed by atoms with van der Waals surface area (Å²) in [6.07, 6.45) is 0. The van der Waals surface area contributed by atoms with Crippen molar-refractivity contribution < 1.29 is 4.74 Å². The molecular weight excluding hydrogens is 311 g/mol. The van der Waals surface area contributed by atoms with E-state index in [0.717, 1.165) is 5.75 Å². The molecule has 2 rings (SSSR count). The Morgan fingerprint density at radius 3 is 2.56 bits per heavy atom. The molecule has 2 aromatic carbocycles. The predicted molar refractivity (Wildman–Crippen MR) is 75.9 cm³/mol. The lowest BCUT2D eigenvalue weighted by molar-refractivity contribution is 0.415. The van der Waals surface area contributed by atoms with Crippen molar-refractivity contribution in [2.24, 2.45) is 0 Å². The molecule has 0 aromatic heterocycles. The van der Waals surface area contributed by atoms with Crippen LogP contribution in [0.4, 0.5) is 0 Å². The topological polar surface area (TPSA) is 9.23 Å². The van der Waals surface area contributed by atoms with Gasteiger partial charge in [0.1, 0.15) is 5.75 Å².